The van der Waals surface area contributed by atoms with Crippen LogP contribution in [0.1, 0.15) is 10.5 Å². The molecule has 7 nitrogen and oxygen atoms in total. The number of hydrogen-bond acceptors (Lipinski definition) is 5. The summed E-state index contributed by atoms with van der Waals surface area (Å²) >= 11 is 12.6. The summed E-state index contributed by atoms with van der Waals surface area (Å²) in [6, 6.07) is 3.31. The zero-order valence-corrected chi connectivity index (χ0v) is 15.3. The Bertz CT molecular complexity index is 864. The van der Waals surface area contributed by atoms with Gasteiger partial charge in [-0.05, 0) is 6.07 Å². The van der Waals surface area contributed by atoms with Gasteiger partial charge in [-0.25, -0.2) is 9.59 Å². The number of cyclic esters (lactones) is 1. The van der Waals surface area contributed by atoms with E-state index in [-0.39, 0.29) is 22.8 Å². The molecule has 0 N–H and O–H groups in total. The minimum Gasteiger partial charge on any atom is -0.488 e. The molecular formula is C16H16Cl2N2O5. The van der Waals surface area contributed by atoms with Crippen LogP contribution in [0.15, 0.2) is 12.1 Å². The number of ether oxygens (including phenoxy) is 3. The highest BCUT2D eigenvalue weighted by molar-refractivity contribution is 6.46. The van der Waals surface area contributed by atoms with Crippen LogP contribution in [-0.4, -0.2) is 54.9 Å². The van der Waals surface area contributed by atoms with Gasteiger partial charge in [-0.15, -0.1) is 0 Å². The number of benzene rings is 1. The number of hydrogen-bond donors (Lipinski definition) is 0. The van der Waals surface area contributed by atoms with Crippen LogP contribution in [0, 0.1) is 0 Å². The largest absolute Gasteiger partial charge is 0.488 e. The Morgan fingerprint density at radius 2 is 2.04 bits per heavy atom. The molecule has 1 atom stereocenters. The van der Waals surface area contributed by atoms with Gasteiger partial charge in [-0.2, -0.15) is 0 Å². The predicted octanol–water partition coefficient (Wildman–Crippen LogP) is 3.10. The van der Waals surface area contributed by atoms with Gasteiger partial charge in [0.25, 0.3) is 0 Å². The molecule has 1 unspecified atom stereocenters. The summed E-state index contributed by atoms with van der Waals surface area (Å²) < 4.78 is 17.3. The molecule has 0 saturated carbocycles. The minimum absolute atomic E-state index is 0.145. The fraction of sp³-hybridized carbons (Fsp3) is 0.375. The van der Waals surface area contributed by atoms with Crippen molar-refractivity contribution < 1.29 is 23.8 Å². The molecule has 1 aromatic heterocycles. The van der Waals surface area contributed by atoms with Crippen LogP contribution in [0.3, 0.4) is 0 Å². The summed E-state index contributed by atoms with van der Waals surface area (Å²) in [7, 11) is 4.68. The predicted molar refractivity (Wildman–Crippen MR) is 92.7 cm³/mol. The molecule has 0 aliphatic carbocycles. The lowest BCUT2D eigenvalue weighted by Gasteiger charge is -2.13. The van der Waals surface area contributed by atoms with Crippen molar-refractivity contribution in [3.05, 3.63) is 27.9 Å². The molecule has 1 saturated heterocycles. The highest BCUT2D eigenvalue weighted by Gasteiger charge is 2.29. The maximum absolute atomic E-state index is 11.8. The van der Waals surface area contributed by atoms with E-state index < -0.39 is 12.1 Å². The summed E-state index contributed by atoms with van der Waals surface area (Å²) in [4.78, 5) is 24.7. The first-order valence-corrected chi connectivity index (χ1v) is 8.19. The second-order valence-electron chi connectivity index (χ2n) is 5.71. The van der Waals surface area contributed by atoms with E-state index in [1.165, 1.54) is 12.0 Å². The number of carbonyl (C=O) groups excluding carboxylic acids is 2. The Hall–Kier alpha value is -2.12. The van der Waals surface area contributed by atoms with Gasteiger partial charge >= 0.3 is 12.1 Å². The molecule has 1 amide bonds. The quantitative estimate of drug-likeness (QED) is 0.755. The van der Waals surface area contributed by atoms with Gasteiger partial charge in [0.1, 0.15) is 23.1 Å². The average molecular weight is 387 g/mol. The lowest BCUT2D eigenvalue weighted by molar-refractivity contribution is 0.0590. The molecule has 1 aliphatic rings. The van der Waals surface area contributed by atoms with E-state index in [2.05, 4.69) is 0 Å². The zero-order chi connectivity index (χ0) is 18.3. The Morgan fingerprint density at radius 3 is 2.64 bits per heavy atom. The normalized spacial score (nSPS) is 17.1. The van der Waals surface area contributed by atoms with Gasteiger partial charge in [0.2, 0.25) is 0 Å². The minimum atomic E-state index is -0.478. The fourth-order valence-corrected chi connectivity index (χ4v) is 3.16. The van der Waals surface area contributed by atoms with Gasteiger partial charge in [0.15, 0.2) is 6.10 Å². The maximum Gasteiger partial charge on any atom is 0.410 e. The molecule has 0 radical (unpaired) electrons. The molecule has 0 spiro atoms. The van der Waals surface area contributed by atoms with Gasteiger partial charge in [0, 0.05) is 25.5 Å². The monoisotopic (exact) mass is 386 g/mol. The van der Waals surface area contributed by atoms with E-state index in [4.69, 9.17) is 37.4 Å². The van der Waals surface area contributed by atoms with Gasteiger partial charge in [-0.3, -0.25) is 0 Å². The summed E-state index contributed by atoms with van der Waals surface area (Å²) in [5, 5.41) is 1.13. The first kappa shape index (κ1) is 17.7. The molecule has 25 heavy (non-hydrogen) atoms. The lowest BCUT2D eigenvalue weighted by atomic mass is 10.2. The van der Waals surface area contributed by atoms with Crippen molar-refractivity contribution in [1.82, 2.24) is 9.47 Å². The number of fused-ring (bicyclic) bond motifs is 1. The first-order chi connectivity index (χ1) is 11.8. The van der Waals surface area contributed by atoms with E-state index >= 15 is 0 Å². The zero-order valence-electron chi connectivity index (χ0n) is 13.8. The third-order valence-electron chi connectivity index (χ3n) is 4.07. The number of aromatic nitrogens is 1. The Kier molecular flexibility index (Phi) is 4.71. The van der Waals surface area contributed by atoms with Crippen molar-refractivity contribution in [3.63, 3.8) is 0 Å². The summed E-state index contributed by atoms with van der Waals surface area (Å²) in [5.74, 6) is -0.128. The smallest absolute Gasteiger partial charge is 0.410 e. The second kappa shape index (κ2) is 6.65. The molecule has 0 bridgehead atoms. The van der Waals surface area contributed by atoms with Gasteiger partial charge in [-0.1, -0.05) is 23.2 Å². The summed E-state index contributed by atoms with van der Waals surface area (Å²) in [6.07, 6.45) is -0.777. The van der Waals surface area contributed by atoms with E-state index in [1.807, 2.05) is 0 Å². The first-order valence-electron chi connectivity index (χ1n) is 7.43. The molecule has 1 aromatic carbocycles. The molecule has 3 rings (SSSR count). The van der Waals surface area contributed by atoms with Crippen LogP contribution in [-0.2, 0) is 16.5 Å². The van der Waals surface area contributed by atoms with E-state index in [9.17, 15) is 9.59 Å². The summed E-state index contributed by atoms with van der Waals surface area (Å²) in [6.45, 7) is 0.578. The van der Waals surface area contributed by atoms with E-state index in [0.717, 1.165) is 0 Å². The molecule has 1 fully saturated rings. The van der Waals surface area contributed by atoms with Gasteiger partial charge in [0.05, 0.1) is 24.2 Å². The summed E-state index contributed by atoms with van der Waals surface area (Å²) in [5.41, 5.74) is 1.02. The standard InChI is InChI=1S/C16H16Cl2N2O5/c1-19-6-8(25-16(19)22)7-24-12-5-10-9(13(17)14(12)18)4-11(20(10)2)15(21)23-3/h4-5,8H,6-7H2,1-3H3. The third kappa shape index (κ3) is 3.09. The number of likely N-dealkylation sites (N-methyl/N-ethyl adjacent to an activating group) is 1. The van der Waals surface area contributed by atoms with Crippen LogP contribution in [0.5, 0.6) is 5.75 Å². The molecule has 9 heteroatoms. The number of aryl methyl sites for hydroxylation is 1. The maximum atomic E-state index is 11.8. The van der Waals surface area contributed by atoms with E-state index in [1.54, 1.807) is 30.8 Å². The molecule has 1 aliphatic heterocycles. The van der Waals surface area contributed by atoms with Crippen molar-refractivity contribution in [1.29, 1.82) is 0 Å². The van der Waals surface area contributed by atoms with E-state index in [0.29, 0.717) is 28.9 Å². The number of nitrogens with zero attached hydrogens (tertiary/aromatic N) is 2. The topological polar surface area (TPSA) is 70.0 Å². The number of halogens is 2. The highest BCUT2D eigenvalue weighted by atomic mass is 35.5. The Morgan fingerprint density at radius 1 is 1.32 bits per heavy atom. The van der Waals surface area contributed by atoms with Crippen LogP contribution in [0.25, 0.3) is 10.9 Å². The fourth-order valence-electron chi connectivity index (χ4n) is 2.71. The van der Waals surface area contributed by atoms with Crippen molar-refractivity contribution in [2.75, 3.05) is 27.3 Å². The molecule has 2 aromatic rings. The number of rotatable bonds is 4. The van der Waals surface area contributed by atoms with Crippen LogP contribution < -0.4 is 4.74 Å². The Balaban J connectivity index is 1.91. The number of carbonyl (C=O) groups is 2. The van der Waals surface area contributed by atoms with Gasteiger partial charge < -0.3 is 23.7 Å². The van der Waals surface area contributed by atoms with Crippen molar-refractivity contribution >= 4 is 46.2 Å². The number of methoxy groups -OCH3 is 1. The molecule has 134 valence electrons. The Labute approximate surface area is 153 Å². The van der Waals surface area contributed by atoms with Crippen LogP contribution in [0.2, 0.25) is 10.0 Å². The average Bonchev–Trinajstić information content (AvgIpc) is 3.09. The van der Waals surface area contributed by atoms with Crippen molar-refractivity contribution in [2.45, 2.75) is 6.10 Å². The molecular weight excluding hydrogens is 371 g/mol. The highest BCUT2D eigenvalue weighted by Crippen LogP contribution is 2.40. The second-order valence-corrected chi connectivity index (χ2v) is 6.47. The SMILES string of the molecule is COC(=O)c1cc2c(Cl)c(Cl)c(OCC3CN(C)C(=O)O3)cc2n1C. The molecule has 2 heterocycles. The number of amides is 1. The van der Waals surface area contributed by atoms with Crippen LogP contribution >= 0.6 is 23.2 Å². The van der Waals surface area contributed by atoms with Crippen molar-refractivity contribution in [2.24, 2.45) is 7.05 Å². The third-order valence-corrected chi connectivity index (χ3v) is 4.93. The number of esters is 1. The van der Waals surface area contributed by atoms with Crippen LogP contribution in [0.4, 0.5) is 4.79 Å². The lowest BCUT2D eigenvalue weighted by Crippen LogP contribution is -2.23. The van der Waals surface area contributed by atoms with Crippen molar-refractivity contribution in [3.8, 4) is 5.75 Å².